The van der Waals surface area contributed by atoms with Crippen molar-refractivity contribution in [2.45, 2.75) is 20.0 Å². The summed E-state index contributed by atoms with van der Waals surface area (Å²) in [6.45, 7) is 1.62. The molecule has 31 heavy (non-hydrogen) atoms. The van der Waals surface area contributed by atoms with Crippen LogP contribution in [0.3, 0.4) is 0 Å². The molecule has 4 rings (SSSR count). The van der Waals surface area contributed by atoms with E-state index < -0.39 is 17.2 Å². The Kier molecular flexibility index (Phi) is 5.44. The minimum atomic E-state index is -0.592. The number of amides is 1. The highest BCUT2D eigenvalue weighted by atomic mass is 16.5. The van der Waals surface area contributed by atoms with Crippen LogP contribution in [0.1, 0.15) is 11.3 Å². The van der Waals surface area contributed by atoms with E-state index in [1.165, 1.54) is 17.9 Å². The first-order valence-electron chi connectivity index (χ1n) is 9.67. The Bertz CT molecular complexity index is 1370. The van der Waals surface area contributed by atoms with Crippen molar-refractivity contribution in [3.8, 4) is 5.75 Å². The summed E-state index contributed by atoms with van der Waals surface area (Å²) in [6, 6.07) is 15.5. The predicted octanol–water partition coefficient (Wildman–Crippen LogP) is 2.76. The third-order valence-electron chi connectivity index (χ3n) is 4.96. The van der Waals surface area contributed by atoms with Crippen molar-refractivity contribution in [3.63, 3.8) is 0 Å². The number of methoxy groups -OCH3 is 1. The van der Waals surface area contributed by atoms with E-state index in [9.17, 15) is 14.4 Å². The number of carbonyl (C=O) groups is 1. The second-order valence-electron chi connectivity index (χ2n) is 7.11. The largest absolute Gasteiger partial charge is 0.495 e. The normalized spacial score (nSPS) is 10.9. The maximum atomic E-state index is 13.2. The number of rotatable bonds is 6. The highest BCUT2D eigenvalue weighted by Crippen LogP contribution is 2.25. The first-order chi connectivity index (χ1) is 15.0. The third-order valence-corrected chi connectivity index (χ3v) is 4.96. The van der Waals surface area contributed by atoms with E-state index in [4.69, 9.17) is 9.15 Å². The van der Waals surface area contributed by atoms with Crippen LogP contribution in [0, 0.1) is 6.92 Å². The Balaban J connectivity index is 1.74. The third kappa shape index (κ3) is 4.00. The van der Waals surface area contributed by atoms with Crippen molar-refractivity contribution >= 4 is 22.5 Å². The summed E-state index contributed by atoms with van der Waals surface area (Å²) in [4.78, 5) is 38.9. The van der Waals surface area contributed by atoms with Gasteiger partial charge in [0.15, 0.2) is 0 Å². The van der Waals surface area contributed by atoms with Crippen LogP contribution in [0.5, 0.6) is 5.75 Å². The van der Waals surface area contributed by atoms with Crippen LogP contribution in [-0.4, -0.2) is 22.2 Å². The minimum Gasteiger partial charge on any atom is -0.495 e. The van der Waals surface area contributed by atoms with Gasteiger partial charge < -0.3 is 14.5 Å². The molecule has 0 saturated carbocycles. The molecule has 0 unspecified atom stereocenters. The minimum absolute atomic E-state index is 0.0249. The molecule has 0 bridgehead atoms. The monoisotopic (exact) mass is 419 g/mol. The number of benzene rings is 2. The molecule has 8 nitrogen and oxygen atoms in total. The van der Waals surface area contributed by atoms with Gasteiger partial charge in [-0.2, -0.15) is 0 Å². The molecular formula is C23H21N3O5. The molecule has 2 aromatic heterocycles. The summed E-state index contributed by atoms with van der Waals surface area (Å²) in [5.41, 5.74) is 0.848. The fourth-order valence-electron chi connectivity index (χ4n) is 3.46. The molecule has 0 fully saturated rings. The first kappa shape index (κ1) is 20.2. The van der Waals surface area contributed by atoms with Crippen LogP contribution >= 0.6 is 0 Å². The number of anilines is 1. The quantitative estimate of drug-likeness (QED) is 0.519. The van der Waals surface area contributed by atoms with Crippen LogP contribution in [0.15, 0.2) is 74.9 Å². The zero-order chi connectivity index (χ0) is 22.0. The Morgan fingerprint density at radius 1 is 1.06 bits per heavy atom. The van der Waals surface area contributed by atoms with Crippen molar-refractivity contribution in [1.29, 1.82) is 0 Å². The average Bonchev–Trinajstić information content (AvgIpc) is 3.28. The Morgan fingerprint density at radius 2 is 1.87 bits per heavy atom. The molecule has 1 amide bonds. The van der Waals surface area contributed by atoms with Crippen LogP contribution < -0.4 is 21.3 Å². The Labute approximate surface area is 177 Å². The van der Waals surface area contributed by atoms with Crippen LogP contribution in [0.2, 0.25) is 0 Å². The Hall–Kier alpha value is -4.07. The van der Waals surface area contributed by atoms with Crippen molar-refractivity contribution in [2.24, 2.45) is 0 Å². The summed E-state index contributed by atoms with van der Waals surface area (Å²) >= 11 is 0. The number of aromatic nitrogens is 2. The Morgan fingerprint density at radius 3 is 2.61 bits per heavy atom. The number of nitrogens with one attached hydrogen (secondary N) is 1. The number of fused-ring (bicyclic) bond motifs is 1. The number of para-hydroxylation sites is 1. The summed E-state index contributed by atoms with van der Waals surface area (Å²) in [5.74, 6) is 0.570. The molecule has 4 aromatic rings. The van der Waals surface area contributed by atoms with Gasteiger partial charge in [-0.3, -0.25) is 18.7 Å². The van der Waals surface area contributed by atoms with Gasteiger partial charge in [-0.05, 0) is 48.9 Å². The molecular weight excluding hydrogens is 398 g/mol. The molecule has 0 radical (unpaired) electrons. The number of hydrogen-bond donors (Lipinski definition) is 1. The highest BCUT2D eigenvalue weighted by Gasteiger charge is 2.17. The van der Waals surface area contributed by atoms with E-state index in [2.05, 4.69) is 5.32 Å². The maximum Gasteiger partial charge on any atom is 0.332 e. The van der Waals surface area contributed by atoms with Gasteiger partial charge in [0.05, 0.1) is 36.5 Å². The first-order valence-corrected chi connectivity index (χ1v) is 9.67. The molecule has 0 aliphatic carbocycles. The van der Waals surface area contributed by atoms with Gasteiger partial charge in [0, 0.05) is 0 Å². The topological polar surface area (TPSA) is 95.5 Å². The van der Waals surface area contributed by atoms with Gasteiger partial charge in [0.2, 0.25) is 5.91 Å². The fourth-order valence-corrected chi connectivity index (χ4v) is 3.46. The van der Waals surface area contributed by atoms with E-state index in [1.807, 2.05) is 13.0 Å². The van der Waals surface area contributed by atoms with E-state index in [-0.39, 0.29) is 13.1 Å². The summed E-state index contributed by atoms with van der Waals surface area (Å²) in [6.07, 6.45) is 1.47. The lowest BCUT2D eigenvalue weighted by Crippen LogP contribution is -2.42. The smallest absolute Gasteiger partial charge is 0.332 e. The van der Waals surface area contributed by atoms with Crippen molar-refractivity contribution < 1.29 is 13.9 Å². The van der Waals surface area contributed by atoms with E-state index in [1.54, 1.807) is 48.5 Å². The van der Waals surface area contributed by atoms with Crippen molar-refractivity contribution in [2.75, 3.05) is 12.4 Å². The SMILES string of the molecule is COc1cc(C)ccc1NC(=O)Cn1c(=O)n(Cc2ccco2)c(=O)c2ccccc21. The van der Waals surface area contributed by atoms with Gasteiger partial charge >= 0.3 is 5.69 Å². The van der Waals surface area contributed by atoms with Gasteiger partial charge in [0.1, 0.15) is 18.1 Å². The molecule has 0 atom stereocenters. The molecule has 0 saturated heterocycles. The predicted molar refractivity (Wildman–Crippen MR) is 117 cm³/mol. The molecule has 2 aromatic carbocycles. The van der Waals surface area contributed by atoms with Gasteiger partial charge in [-0.25, -0.2) is 4.79 Å². The second kappa shape index (κ2) is 8.35. The second-order valence-corrected chi connectivity index (χ2v) is 7.11. The standard InChI is InChI=1S/C23H21N3O5/c1-15-9-10-18(20(12-15)30-2)24-21(27)14-25-19-8-4-3-7-17(19)22(28)26(23(25)29)13-16-6-5-11-31-16/h3-12H,13-14H2,1-2H3,(H,24,27). The van der Waals surface area contributed by atoms with Gasteiger partial charge in [0.25, 0.3) is 5.56 Å². The average molecular weight is 419 g/mol. The molecule has 158 valence electrons. The van der Waals surface area contributed by atoms with Crippen molar-refractivity contribution in [1.82, 2.24) is 9.13 Å². The van der Waals surface area contributed by atoms with Crippen LogP contribution in [-0.2, 0) is 17.9 Å². The highest BCUT2D eigenvalue weighted by molar-refractivity contribution is 5.93. The van der Waals surface area contributed by atoms with Gasteiger partial charge in [-0.15, -0.1) is 0 Å². The number of ether oxygens (including phenoxy) is 1. The van der Waals surface area contributed by atoms with E-state index in [0.717, 1.165) is 10.1 Å². The lowest BCUT2D eigenvalue weighted by atomic mass is 10.2. The fraction of sp³-hybridized carbons (Fsp3) is 0.174. The summed E-state index contributed by atoms with van der Waals surface area (Å²) < 4.78 is 13.0. The molecule has 2 heterocycles. The molecule has 0 aliphatic heterocycles. The van der Waals surface area contributed by atoms with Crippen LogP contribution in [0.25, 0.3) is 10.9 Å². The molecule has 0 aliphatic rings. The summed E-state index contributed by atoms with van der Waals surface area (Å²) in [5, 5.41) is 3.12. The van der Waals surface area contributed by atoms with Crippen molar-refractivity contribution in [3.05, 3.63) is 93.0 Å². The molecule has 1 N–H and O–H groups in total. The van der Waals surface area contributed by atoms with Crippen LogP contribution in [0.4, 0.5) is 5.69 Å². The molecule has 0 spiro atoms. The number of hydrogen-bond acceptors (Lipinski definition) is 5. The number of aryl methyl sites for hydroxylation is 1. The lowest BCUT2D eigenvalue weighted by Gasteiger charge is -2.15. The van der Waals surface area contributed by atoms with E-state index >= 15 is 0 Å². The lowest BCUT2D eigenvalue weighted by molar-refractivity contribution is -0.116. The zero-order valence-electron chi connectivity index (χ0n) is 17.1. The van der Waals surface area contributed by atoms with E-state index in [0.29, 0.717) is 28.1 Å². The molecule has 8 heteroatoms. The summed E-state index contributed by atoms with van der Waals surface area (Å²) in [7, 11) is 1.52. The zero-order valence-corrected chi connectivity index (χ0v) is 17.1. The van der Waals surface area contributed by atoms with Gasteiger partial charge in [-0.1, -0.05) is 18.2 Å². The number of nitrogens with zero attached hydrogens (tertiary/aromatic N) is 2. The maximum absolute atomic E-state index is 13.2. The number of furan rings is 1. The number of carbonyl (C=O) groups excluding carboxylic acids is 1.